The molecule has 12 unspecified atom stereocenters. The molecule has 2 heterocycles. The van der Waals surface area contributed by atoms with Gasteiger partial charge in [-0.3, -0.25) is 24.0 Å². The molecule has 302 valence electrons. The van der Waals surface area contributed by atoms with Gasteiger partial charge in [0.15, 0.2) is 8.32 Å². The SMILES string of the molecule is CCC(C)(CC(C)(CC(C)(CC(=O)OC)C1C(=O)OC(=O)C1C1C2CC(CO[Si]3(C)C[SiH](C)C[SiH](C)C[SiH](C)C3)C(C2)C1C)C(=O)O)C(=O)OC(C)C. The first-order chi connectivity index (χ1) is 24.5. The van der Waals surface area contributed by atoms with Crippen LogP contribution in [-0.4, -0.2) is 89.5 Å². The molecule has 0 radical (unpaired) electrons. The first kappa shape index (κ1) is 44.1. The number of carboxylic acids is 1. The molecule has 2 aliphatic heterocycles. The molecule has 2 bridgehead atoms. The number of hydrogen-bond acceptors (Lipinski definition) is 9. The third-order valence-electron chi connectivity index (χ3n) is 14.2. The predicted molar refractivity (Wildman–Crippen MR) is 216 cm³/mol. The smallest absolute Gasteiger partial charge is 0.318 e. The Morgan fingerprint density at radius 1 is 0.962 bits per heavy atom. The Morgan fingerprint density at radius 2 is 1.57 bits per heavy atom. The van der Waals surface area contributed by atoms with Gasteiger partial charge >= 0.3 is 29.8 Å². The summed E-state index contributed by atoms with van der Waals surface area (Å²) in [4.78, 5) is 67.4. The summed E-state index contributed by atoms with van der Waals surface area (Å²) in [6.45, 7) is 23.5. The van der Waals surface area contributed by atoms with Gasteiger partial charge in [0.1, 0.15) is 0 Å². The minimum Gasteiger partial charge on any atom is -0.481 e. The van der Waals surface area contributed by atoms with Gasteiger partial charge in [0.2, 0.25) is 0 Å². The van der Waals surface area contributed by atoms with Crippen molar-refractivity contribution in [2.24, 2.45) is 57.7 Å². The Bertz CT molecular complexity index is 1380. The third-order valence-corrected chi connectivity index (χ3v) is 40.4. The largest absolute Gasteiger partial charge is 0.481 e. The molecule has 12 atom stereocenters. The molecule has 0 aromatic carbocycles. The second-order valence-electron chi connectivity index (χ2n) is 19.8. The van der Waals surface area contributed by atoms with E-state index in [0.29, 0.717) is 18.3 Å². The molecule has 0 aromatic rings. The molecule has 4 rings (SSSR count). The van der Waals surface area contributed by atoms with Crippen LogP contribution in [0, 0.1) is 57.7 Å². The number of ether oxygens (including phenoxy) is 3. The fourth-order valence-electron chi connectivity index (χ4n) is 12.3. The topological polar surface area (TPSA) is 143 Å². The minimum absolute atomic E-state index is 0.0769. The van der Waals surface area contributed by atoms with E-state index in [1.807, 2.05) is 6.92 Å². The van der Waals surface area contributed by atoms with Crippen LogP contribution in [0.2, 0.25) is 48.9 Å². The fourth-order valence-corrected chi connectivity index (χ4v) is 45.6. The molecule has 0 spiro atoms. The van der Waals surface area contributed by atoms with Crippen LogP contribution in [0.15, 0.2) is 0 Å². The van der Waals surface area contributed by atoms with Gasteiger partial charge in [-0.2, -0.15) is 0 Å². The number of esters is 4. The minimum atomic E-state index is -1.77. The van der Waals surface area contributed by atoms with Gasteiger partial charge < -0.3 is 23.7 Å². The van der Waals surface area contributed by atoms with Gasteiger partial charge in [0.25, 0.3) is 0 Å². The highest BCUT2D eigenvalue weighted by Gasteiger charge is 2.64. The molecule has 1 N–H and O–H groups in total. The molecule has 0 aromatic heterocycles. The van der Waals surface area contributed by atoms with E-state index in [2.05, 4.69) is 33.1 Å². The highest BCUT2D eigenvalue weighted by atomic mass is 28.4. The first-order valence-corrected chi connectivity index (χ1v) is 31.6. The molecule has 0 amide bonds. The molecular formula is C39H70O10Si4. The zero-order valence-electron chi connectivity index (χ0n) is 34.8. The Kier molecular flexibility index (Phi) is 14.0. The number of carbonyl (C=O) groups is 5. The number of carboxylic acid groups (broad SMARTS) is 1. The summed E-state index contributed by atoms with van der Waals surface area (Å²) >= 11 is 0. The monoisotopic (exact) mass is 810 g/mol. The second kappa shape index (κ2) is 16.9. The molecule has 2 saturated heterocycles. The summed E-state index contributed by atoms with van der Waals surface area (Å²) in [7, 11) is -2.55. The van der Waals surface area contributed by atoms with Crippen LogP contribution in [0.5, 0.6) is 0 Å². The summed E-state index contributed by atoms with van der Waals surface area (Å²) in [5.74, 6) is -4.35. The van der Waals surface area contributed by atoms with Crippen LogP contribution >= 0.6 is 0 Å². The van der Waals surface area contributed by atoms with E-state index in [-0.39, 0.29) is 43.1 Å². The lowest BCUT2D eigenvalue weighted by atomic mass is 9.56. The number of cyclic esters (lactones) is 2. The van der Waals surface area contributed by atoms with E-state index in [1.54, 1.807) is 46.0 Å². The van der Waals surface area contributed by atoms with Crippen molar-refractivity contribution in [3.8, 4) is 0 Å². The van der Waals surface area contributed by atoms with Gasteiger partial charge in [-0.1, -0.05) is 51.7 Å². The number of hydrogen-bond donors (Lipinski definition) is 1. The number of aliphatic carboxylic acids is 1. The van der Waals surface area contributed by atoms with Crippen LogP contribution < -0.4 is 0 Å². The van der Waals surface area contributed by atoms with Gasteiger partial charge in [-0.15, -0.1) is 0 Å². The quantitative estimate of drug-likeness (QED) is 0.0861. The average molecular weight is 811 g/mol. The molecule has 4 fully saturated rings. The zero-order chi connectivity index (χ0) is 39.8. The van der Waals surface area contributed by atoms with E-state index in [1.165, 1.54) is 18.4 Å². The van der Waals surface area contributed by atoms with Crippen LogP contribution in [0.4, 0.5) is 0 Å². The van der Waals surface area contributed by atoms with Crippen molar-refractivity contribution in [2.45, 2.75) is 142 Å². The summed E-state index contributed by atoms with van der Waals surface area (Å²) in [5.41, 5.74) is 1.91. The molecule has 10 nitrogen and oxygen atoms in total. The van der Waals surface area contributed by atoms with Crippen molar-refractivity contribution < 1.29 is 47.7 Å². The first-order valence-electron chi connectivity index (χ1n) is 20.4. The lowest BCUT2D eigenvalue weighted by Gasteiger charge is -2.45. The van der Waals surface area contributed by atoms with Crippen molar-refractivity contribution in [1.29, 1.82) is 0 Å². The molecular weight excluding hydrogens is 741 g/mol. The molecule has 2 aliphatic carbocycles. The fraction of sp³-hybridized carbons (Fsp3) is 0.872. The number of fused-ring (bicyclic) bond motifs is 2. The molecule has 4 aliphatic rings. The van der Waals surface area contributed by atoms with Crippen LogP contribution in [-0.2, 0) is 42.6 Å². The summed E-state index contributed by atoms with van der Waals surface area (Å²) in [5, 5.41) is 10.8. The maximum Gasteiger partial charge on any atom is 0.318 e. The highest BCUT2D eigenvalue weighted by molar-refractivity contribution is 6.98. The second-order valence-corrected chi connectivity index (χ2v) is 36.6. The van der Waals surface area contributed by atoms with Gasteiger partial charge in [0.05, 0.1) is 42.3 Å². The molecule has 14 heteroatoms. The maximum atomic E-state index is 13.9. The van der Waals surface area contributed by atoms with Crippen molar-refractivity contribution in [2.75, 3.05) is 13.7 Å². The van der Waals surface area contributed by atoms with Gasteiger partial charge in [-0.05, 0) is 113 Å². The Hall–Kier alpha value is -1.62. The summed E-state index contributed by atoms with van der Waals surface area (Å²) in [6.07, 6.45) is 1.37. The van der Waals surface area contributed by atoms with E-state index < -0.39 is 92.6 Å². The van der Waals surface area contributed by atoms with E-state index in [4.69, 9.17) is 18.6 Å². The van der Waals surface area contributed by atoms with Crippen molar-refractivity contribution in [3.63, 3.8) is 0 Å². The molecule has 53 heavy (non-hydrogen) atoms. The summed E-state index contributed by atoms with van der Waals surface area (Å²) in [6, 6.07) is 0. The van der Waals surface area contributed by atoms with Crippen LogP contribution in [0.3, 0.4) is 0 Å². The maximum absolute atomic E-state index is 13.9. The van der Waals surface area contributed by atoms with Crippen molar-refractivity contribution >= 4 is 64.6 Å². The Morgan fingerprint density at radius 3 is 2.08 bits per heavy atom. The van der Waals surface area contributed by atoms with E-state index >= 15 is 0 Å². The Balaban J connectivity index is 1.60. The van der Waals surface area contributed by atoms with Crippen molar-refractivity contribution in [1.82, 2.24) is 0 Å². The number of methoxy groups -OCH3 is 1. The lowest BCUT2D eigenvalue weighted by Crippen LogP contribution is -2.49. The summed E-state index contributed by atoms with van der Waals surface area (Å²) < 4.78 is 23.2. The lowest BCUT2D eigenvalue weighted by molar-refractivity contribution is -0.168. The van der Waals surface area contributed by atoms with Gasteiger partial charge in [-0.25, -0.2) is 0 Å². The normalized spacial score (nSPS) is 37.9. The Labute approximate surface area is 324 Å². The number of rotatable bonds is 15. The highest BCUT2D eigenvalue weighted by Crippen LogP contribution is 2.62. The zero-order valence-corrected chi connectivity index (χ0v) is 39.2. The van der Waals surface area contributed by atoms with Gasteiger partial charge in [0, 0.05) is 33.0 Å². The van der Waals surface area contributed by atoms with E-state index in [9.17, 15) is 29.1 Å². The van der Waals surface area contributed by atoms with Crippen LogP contribution in [0.25, 0.3) is 0 Å². The standard InChI is InChI=1S/C39H70O10Si4/c1-13-37(5,36(45)48-24(2)3)18-39(7,35(43)44)19-38(6,16-29(40)46-8)32-31(33(41)49-34(32)42)30-25(4)28-15-26(30)14-27(28)17-47-53(12)22-51(10)20-50(9)21-52(11)23-53/h24-28,30-32,50-52H,13-23H2,1-12H3,(H,43,44). The molecule has 2 saturated carbocycles. The predicted octanol–water partition coefficient (Wildman–Crippen LogP) is 6.35. The average Bonchev–Trinajstić information content (AvgIpc) is 3.68. The van der Waals surface area contributed by atoms with Crippen molar-refractivity contribution in [3.05, 3.63) is 0 Å². The van der Waals surface area contributed by atoms with Crippen LogP contribution in [0.1, 0.15) is 87.0 Å². The van der Waals surface area contributed by atoms with E-state index in [0.717, 1.165) is 19.4 Å². The number of carbonyl (C=O) groups excluding carboxylic acids is 4. The third kappa shape index (κ3) is 9.68.